The molecular formula is C33H24BrN. The molecule has 0 aliphatic heterocycles. The first kappa shape index (κ1) is 20.7. The molecule has 0 fully saturated rings. The van der Waals surface area contributed by atoms with Crippen LogP contribution in [0, 0.1) is 0 Å². The van der Waals surface area contributed by atoms with Gasteiger partial charge in [-0.2, -0.15) is 0 Å². The molecule has 0 saturated heterocycles. The molecule has 168 valence electrons. The second-order valence-electron chi connectivity index (χ2n) is 10.00. The molecule has 6 aromatic rings. The van der Waals surface area contributed by atoms with Crippen LogP contribution in [0.5, 0.6) is 0 Å². The fraction of sp³-hybridized carbons (Fsp3) is 0.0909. The van der Waals surface area contributed by atoms with Crippen LogP contribution in [0.3, 0.4) is 0 Å². The van der Waals surface area contributed by atoms with Gasteiger partial charge >= 0.3 is 0 Å². The van der Waals surface area contributed by atoms with E-state index in [-0.39, 0.29) is 5.41 Å². The molecule has 0 amide bonds. The highest BCUT2D eigenvalue weighted by molar-refractivity contribution is 9.10. The number of aromatic nitrogens is 1. The average Bonchev–Trinajstić information content (AvgIpc) is 3.32. The fourth-order valence-corrected chi connectivity index (χ4v) is 6.32. The number of benzene rings is 5. The van der Waals surface area contributed by atoms with Gasteiger partial charge in [-0.25, -0.2) is 0 Å². The SMILES string of the molecule is CC1(C)c2ccccc2-c2cc3c4cc(-c5cccc(Br)c5)ccc4n(-c4ccccc4)c3cc21. The third-order valence-corrected chi connectivity index (χ3v) is 8.13. The molecule has 1 aliphatic rings. The third-order valence-electron chi connectivity index (χ3n) is 7.64. The molecule has 0 saturated carbocycles. The Balaban J connectivity index is 1.60. The highest BCUT2D eigenvalue weighted by Gasteiger charge is 2.36. The molecule has 0 N–H and O–H groups in total. The molecule has 1 aliphatic carbocycles. The minimum absolute atomic E-state index is 0.0282. The van der Waals surface area contributed by atoms with E-state index in [4.69, 9.17) is 0 Å². The maximum atomic E-state index is 3.64. The first-order valence-corrected chi connectivity index (χ1v) is 12.9. The second-order valence-corrected chi connectivity index (χ2v) is 10.9. The van der Waals surface area contributed by atoms with Crippen LogP contribution in [0.4, 0.5) is 0 Å². The summed E-state index contributed by atoms with van der Waals surface area (Å²) in [6.07, 6.45) is 0. The number of hydrogen-bond acceptors (Lipinski definition) is 0. The first-order chi connectivity index (χ1) is 17.0. The summed E-state index contributed by atoms with van der Waals surface area (Å²) in [5, 5.41) is 2.58. The molecule has 1 aromatic heterocycles. The van der Waals surface area contributed by atoms with E-state index in [2.05, 4.69) is 144 Å². The summed E-state index contributed by atoms with van der Waals surface area (Å²) in [6.45, 7) is 4.70. The Morgan fingerprint density at radius 1 is 0.571 bits per heavy atom. The molecule has 0 radical (unpaired) electrons. The normalized spacial score (nSPS) is 13.8. The van der Waals surface area contributed by atoms with Gasteiger partial charge in [-0.1, -0.05) is 90.4 Å². The second kappa shape index (κ2) is 7.44. The van der Waals surface area contributed by atoms with Crippen molar-refractivity contribution in [1.82, 2.24) is 4.57 Å². The zero-order valence-corrected chi connectivity index (χ0v) is 21.3. The minimum atomic E-state index is -0.0282. The van der Waals surface area contributed by atoms with Crippen molar-refractivity contribution < 1.29 is 0 Å². The Bertz CT molecular complexity index is 1770. The van der Waals surface area contributed by atoms with E-state index in [0.29, 0.717) is 0 Å². The van der Waals surface area contributed by atoms with Crippen molar-refractivity contribution in [2.24, 2.45) is 0 Å². The summed E-state index contributed by atoms with van der Waals surface area (Å²) in [4.78, 5) is 0. The highest BCUT2D eigenvalue weighted by Crippen LogP contribution is 2.51. The number of rotatable bonds is 2. The minimum Gasteiger partial charge on any atom is -0.309 e. The Labute approximate surface area is 213 Å². The van der Waals surface area contributed by atoms with Crippen molar-refractivity contribution in [1.29, 1.82) is 0 Å². The van der Waals surface area contributed by atoms with Crippen molar-refractivity contribution in [3.8, 4) is 27.9 Å². The van der Waals surface area contributed by atoms with Crippen molar-refractivity contribution >= 4 is 37.7 Å². The molecule has 7 rings (SSSR count). The summed E-state index contributed by atoms with van der Waals surface area (Å²) >= 11 is 3.64. The number of fused-ring (bicyclic) bond motifs is 6. The van der Waals surface area contributed by atoms with E-state index in [0.717, 1.165) is 4.47 Å². The summed E-state index contributed by atoms with van der Waals surface area (Å²) in [7, 11) is 0. The van der Waals surface area contributed by atoms with E-state index in [1.54, 1.807) is 0 Å². The van der Waals surface area contributed by atoms with E-state index in [9.17, 15) is 0 Å². The topological polar surface area (TPSA) is 4.93 Å². The lowest BCUT2D eigenvalue weighted by atomic mass is 9.82. The molecule has 0 unspecified atom stereocenters. The van der Waals surface area contributed by atoms with Gasteiger partial charge in [0.05, 0.1) is 11.0 Å². The van der Waals surface area contributed by atoms with Gasteiger partial charge in [0, 0.05) is 26.3 Å². The number of nitrogens with zero attached hydrogens (tertiary/aromatic N) is 1. The van der Waals surface area contributed by atoms with Crippen molar-refractivity contribution in [2.45, 2.75) is 19.3 Å². The lowest BCUT2D eigenvalue weighted by Gasteiger charge is -2.21. The van der Waals surface area contributed by atoms with Gasteiger partial charge in [-0.15, -0.1) is 0 Å². The van der Waals surface area contributed by atoms with E-state index in [1.165, 1.54) is 60.9 Å². The Kier molecular flexibility index (Phi) is 4.40. The molecule has 1 nitrogen and oxygen atoms in total. The van der Waals surface area contributed by atoms with E-state index in [1.807, 2.05) is 0 Å². The van der Waals surface area contributed by atoms with Gasteiger partial charge in [-0.05, 0) is 81.9 Å². The van der Waals surface area contributed by atoms with Crippen LogP contribution in [0.15, 0.2) is 114 Å². The predicted molar refractivity (Wildman–Crippen MR) is 151 cm³/mol. The van der Waals surface area contributed by atoms with Crippen LogP contribution in [-0.2, 0) is 5.41 Å². The van der Waals surface area contributed by atoms with Crippen LogP contribution in [-0.4, -0.2) is 4.57 Å². The maximum absolute atomic E-state index is 3.64. The van der Waals surface area contributed by atoms with Crippen molar-refractivity contribution in [3.63, 3.8) is 0 Å². The molecular weight excluding hydrogens is 490 g/mol. The number of halogens is 1. The third kappa shape index (κ3) is 3.00. The lowest BCUT2D eigenvalue weighted by Crippen LogP contribution is -2.14. The molecule has 0 atom stereocenters. The smallest absolute Gasteiger partial charge is 0.0544 e. The van der Waals surface area contributed by atoms with E-state index >= 15 is 0 Å². The van der Waals surface area contributed by atoms with E-state index < -0.39 is 0 Å². The van der Waals surface area contributed by atoms with Crippen molar-refractivity contribution in [2.75, 3.05) is 0 Å². The van der Waals surface area contributed by atoms with Crippen LogP contribution in [0.1, 0.15) is 25.0 Å². The monoisotopic (exact) mass is 513 g/mol. The molecule has 1 heterocycles. The van der Waals surface area contributed by atoms with Crippen LogP contribution < -0.4 is 0 Å². The molecule has 0 bridgehead atoms. The number of para-hydroxylation sites is 1. The van der Waals surface area contributed by atoms with Gasteiger partial charge in [0.2, 0.25) is 0 Å². The Morgan fingerprint density at radius 3 is 2.14 bits per heavy atom. The zero-order valence-electron chi connectivity index (χ0n) is 19.7. The summed E-state index contributed by atoms with van der Waals surface area (Å²) in [5.41, 5.74) is 11.6. The molecule has 0 spiro atoms. The lowest BCUT2D eigenvalue weighted by molar-refractivity contribution is 0.661. The van der Waals surface area contributed by atoms with Crippen LogP contribution >= 0.6 is 15.9 Å². The van der Waals surface area contributed by atoms with Crippen LogP contribution in [0.2, 0.25) is 0 Å². The van der Waals surface area contributed by atoms with Crippen molar-refractivity contribution in [3.05, 3.63) is 125 Å². The standard InChI is InChI=1S/C33H24BrN/c1-33(2)29-14-7-6-13-25(29)26-19-28-27-18-22(21-9-8-10-23(34)17-21)15-16-31(27)35(32(28)20-30(26)33)24-11-4-3-5-12-24/h3-20H,1-2H3. The predicted octanol–water partition coefficient (Wildman–Crippen LogP) is 9.52. The fourth-order valence-electron chi connectivity index (χ4n) is 5.92. The number of hydrogen-bond donors (Lipinski definition) is 0. The Morgan fingerprint density at radius 2 is 1.31 bits per heavy atom. The molecule has 5 aromatic carbocycles. The zero-order chi connectivity index (χ0) is 23.7. The Hall–Kier alpha value is -3.62. The molecule has 35 heavy (non-hydrogen) atoms. The first-order valence-electron chi connectivity index (χ1n) is 12.1. The largest absolute Gasteiger partial charge is 0.309 e. The average molecular weight is 514 g/mol. The summed E-state index contributed by atoms with van der Waals surface area (Å²) in [5.74, 6) is 0. The van der Waals surface area contributed by atoms with Gasteiger partial charge < -0.3 is 4.57 Å². The summed E-state index contributed by atoms with van der Waals surface area (Å²) < 4.78 is 3.52. The van der Waals surface area contributed by atoms with Gasteiger partial charge in [-0.3, -0.25) is 0 Å². The quantitative estimate of drug-likeness (QED) is 0.217. The highest BCUT2D eigenvalue weighted by atomic mass is 79.9. The molecule has 2 heteroatoms. The van der Waals surface area contributed by atoms with Gasteiger partial charge in [0.15, 0.2) is 0 Å². The van der Waals surface area contributed by atoms with Gasteiger partial charge in [0.1, 0.15) is 0 Å². The summed E-state index contributed by atoms with van der Waals surface area (Å²) in [6, 6.07) is 39.9. The van der Waals surface area contributed by atoms with Gasteiger partial charge in [0.25, 0.3) is 0 Å². The van der Waals surface area contributed by atoms with Crippen LogP contribution in [0.25, 0.3) is 49.7 Å². The maximum Gasteiger partial charge on any atom is 0.0544 e.